The molecule has 0 aromatic heterocycles. The number of halogens is 1. The molecule has 7 heteroatoms. The zero-order valence-corrected chi connectivity index (χ0v) is 17.7. The van der Waals surface area contributed by atoms with Gasteiger partial charge in [0.2, 0.25) is 0 Å². The van der Waals surface area contributed by atoms with Crippen molar-refractivity contribution in [3.8, 4) is 0 Å². The topological polar surface area (TPSA) is 82.0 Å². The Balaban J connectivity index is 2.18. The summed E-state index contributed by atoms with van der Waals surface area (Å²) in [5.41, 5.74) is 2.24. The lowest BCUT2D eigenvalue weighted by atomic mass is 9.64. The van der Waals surface area contributed by atoms with Crippen molar-refractivity contribution < 1.29 is 23.9 Å². The molecule has 1 saturated carbocycles. The molecule has 154 valence electrons. The van der Waals surface area contributed by atoms with Crippen LogP contribution in [0.2, 0.25) is 5.02 Å². The van der Waals surface area contributed by atoms with E-state index >= 15 is 0 Å². The van der Waals surface area contributed by atoms with Gasteiger partial charge in [-0.25, -0.2) is 4.79 Å². The highest BCUT2D eigenvalue weighted by molar-refractivity contribution is 6.30. The van der Waals surface area contributed by atoms with E-state index in [0.717, 1.165) is 0 Å². The number of ketones is 1. The van der Waals surface area contributed by atoms with E-state index in [-0.39, 0.29) is 18.3 Å². The van der Waals surface area contributed by atoms with E-state index in [1.54, 1.807) is 32.0 Å². The van der Waals surface area contributed by atoms with Crippen LogP contribution < -0.4 is 0 Å². The molecule has 1 aliphatic heterocycles. The lowest BCUT2D eigenvalue weighted by Gasteiger charge is -2.40. The van der Waals surface area contributed by atoms with Gasteiger partial charge < -0.3 is 9.47 Å². The summed E-state index contributed by atoms with van der Waals surface area (Å²) >= 11 is 6.20. The maximum absolute atomic E-state index is 13.5. The number of aliphatic imine (C=N–C) groups is 1. The normalized spacial score (nSPS) is 26.5. The molecule has 0 N–H and O–H groups in total. The Morgan fingerprint density at radius 1 is 1.28 bits per heavy atom. The SMILES string of the molecule is CCOC(=O)C1=C(C)N=C2C[C@@H](C)[C@@H](C(=O)OC)C(=O)[C@@H]2[C@@H]1c1cccc(Cl)c1. The van der Waals surface area contributed by atoms with Gasteiger partial charge in [-0.15, -0.1) is 0 Å². The van der Waals surface area contributed by atoms with Gasteiger partial charge >= 0.3 is 11.9 Å². The molecule has 0 radical (unpaired) electrons. The van der Waals surface area contributed by atoms with E-state index in [2.05, 4.69) is 4.99 Å². The van der Waals surface area contributed by atoms with Gasteiger partial charge in [0, 0.05) is 22.3 Å². The predicted molar refractivity (Wildman–Crippen MR) is 109 cm³/mol. The van der Waals surface area contributed by atoms with Crippen LogP contribution in [-0.4, -0.2) is 37.2 Å². The van der Waals surface area contributed by atoms with Gasteiger partial charge in [0.25, 0.3) is 0 Å². The van der Waals surface area contributed by atoms with Crippen molar-refractivity contribution in [1.82, 2.24) is 0 Å². The minimum Gasteiger partial charge on any atom is -0.468 e. The van der Waals surface area contributed by atoms with Crippen LogP contribution in [0.25, 0.3) is 0 Å². The first kappa shape index (κ1) is 21.2. The summed E-state index contributed by atoms with van der Waals surface area (Å²) in [6.45, 7) is 5.51. The highest BCUT2D eigenvalue weighted by Gasteiger charge is 2.51. The zero-order valence-electron chi connectivity index (χ0n) is 16.9. The molecule has 0 bridgehead atoms. The summed E-state index contributed by atoms with van der Waals surface area (Å²) < 4.78 is 10.1. The summed E-state index contributed by atoms with van der Waals surface area (Å²) in [5, 5.41) is 0.494. The second kappa shape index (κ2) is 8.49. The first-order valence-electron chi connectivity index (χ1n) is 9.62. The predicted octanol–water partition coefficient (Wildman–Crippen LogP) is 3.73. The second-order valence-corrected chi connectivity index (χ2v) is 7.85. The Morgan fingerprint density at radius 2 is 2.00 bits per heavy atom. The van der Waals surface area contributed by atoms with Crippen LogP contribution in [-0.2, 0) is 23.9 Å². The molecule has 4 atom stereocenters. The largest absolute Gasteiger partial charge is 0.468 e. The fourth-order valence-electron chi connectivity index (χ4n) is 4.37. The Labute approximate surface area is 174 Å². The molecular formula is C22H24ClNO5. The number of carbonyl (C=O) groups is 3. The zero-order chi connectivity index (χ0) is 21.3. The maximum atomic E-state index is 13.5. The lowest BCUT2D eigenvalue weighted by Crippen LogP contribution is -2.48. The number of carbonyl (C=O) groups excluding carboxylic acids is 3. The van der Waals surface area contributed by atoms with Crippen molar-refractivity contribution >= 4 is 35.0 Å². The average Bonchev–Trinajstić information content (AvgIpc) is 2.66. The number of fused-ring (bicyclic) bond motifs is 1. The molecule has 1 heterocycles. The Kier molecular flexibility index (Phi) is 6.22. The third-order valence-electron chi connectivity index (χ3n) is 5.58. The number of benzene rings is 1. The van der Waals surface area contributed by atoms with Crippen LogP contribution in [0.1, 0.15) is 38.7 Å². The second-order valence-electron chi connectivity index (χ2n) is 7.42. The molecule has 1 aliphatic carbocycles. The van der Waals surface area contributed by atoms with Crippen LogP contribution >= 0.6 is 11.6 Å². The van der Waals surface area contributed by atoms with E-state index in [4.69, 9.17) is 21.1 Å². The van der Waals surface area contributed by atoms with Crippen LogP contribution in [0.4, 0.5) is 0 Å². The van der Waals surface area contributed by atoms with Gasteiger partial charge in [0.05, 0.1) is 25.2 Å². The van der Waals surface area contributed by atoms with Gasteiger partial charge in [-0.2, -0.15) is 0 Å². The molecule has 0 saturated heterocycles. The van der Waals surface area contributed by atoms with Crippen molar-refractivity contribution in [1.29, 1.82) is 0 Å². The monoisotopic (exact) mass is 417 g/mol. The average molecular weight is 418 g/mol. The van der Waals surface area contributed by atoms with Crippen LogP contribution in [0.3, 0.4) is 0 Å². The molecule has 29 heavy (non-hydrogen) atoms. The summed E-state index contributed by atoms with van der Waals surface area (Å²) in [7, 11) is 1.27. The van der Waals surface area contributed by atoms with Gasteiger partial charge in [0.1, 0.15) is 5.92 Å². The molecule has 3 rings (SSSR count). The number of Topliss-reactive ketones (excluding diaryl/α,β-unsaturated/α-hetero) is 1. The number of ether oxygens (including phenoxy) is 2. The van der Waals surface area contributed by atoms with Crippen molar-refractivity contribution in [3.63, 3.8) is 0 Å². The summed E-state index contributed by atoms with van der Waals surface area (Å²) in [6.07, 6.45) is 0.473. The Morgan fingerprint density at radius 3 is 2.62 bits per heavy atom. The molecule has 1 aromatic rings. The van der Waals surface area contributed by atoms with Crippen molar-refractivity contribution in [2.24, 2.45) is 22.7 Å². The number of hydrogen-bond acceptors (Lipinski definition) is 6. The fraction of sp³-hybridized carbons (Fsp3) is 0.455. The van der Waals surface area contributed by atoms with Crippen molar-refractivity contribution in [2.45, 2.75) is 33.1 Å². The maximum Gasteiger partial charge on any atom is 0.336 e. The van der Waals surface area contributed by atoms with Crippen molar-refractivity contribution in [2.75, 3.05) is 13.7 Å². The molecule has 6 nitrogen and oxygen atoms in total. The number of nitrogens with zero attached hydrogens (tertiary/aromatic N) is 1. The Hall–Kier alpha value is -2.47. The summed E-state index contributed by atoms with van der Waals surface area (Å²) in [6, 6.07) is 7.06. The van der Waals surface area contributed by atoms with Crippen LogP contribution in [0, 0.1) is 17.8 Å². The summed E-state index contributed by atoms with van der Waals surface area (Å²) in [5.74, 6) is -3.85. The first-order valence-corrected chi connectivity index (χ1v) is 10.00. The van der Waals surface area contributed by atoms with Gasteiger partial charge in [-0.1, -0.05) is 30.7 Å². The highest BCUT2D eigenvalue weighted by atomic mass is 35.5. The lowest BCUT2D eigenvalue weighted by molar-refractivity contribution is -0.152. The molecule has 1 aromatic carbocycles. The first-order chi connectivity index (χ1) is 13.8. The number of esters is 2. The number of rotatable bonds is 4. The van der Waals surface area contributed by atoms with Gasteiger partial charge in [0.15, 0.2) is 5.78 Å². The number of methoxy groups -OCH3 is 1. The van der Waals surface area contributed by atoms with E-state index in [1.807, 2.05) is 13.0 Å². The van der Waals surface area contributed by atoms with E-state index < -0.39 is 29.7 Å². The van der Waals surface area contributed by atoms with Crippen molar-refractivity contribution in [3.05, 3.63) is 46.1 Å². The standard InChI is InChI=1S/C22H24ClNO5/c1-5-29-22(27)17-12(3)24-15-9-11(2)16(21(26)28-4)20(25)19(15)18(17)13-7-6-8-14(23)10-13/h6-8,10-11,16,18-19H,5,9H2,1-4H3/t11-,16-,18-,19+/m1/s1. The molecule has 0 spiro atoms. The molecule has 0 amide bonds. The number of allylic oxidation sites excluding steroid dienone is 1. The minimum absolute atomic E-state index is 0.203. The fourth-order valence-corrected chi connectivity index (χ4v) is 4.57. The van der Waals surface area contributed by atoms with E-state index in [0.29, 0.717) is 34.0 Å². The third-order valence-corrected chi connectivity index (χ3v) is 5.81. The number of hydrogen-bond donors (Lipinski definition) is 0. The quantitative estimate of drug-likeness (QED) is 0.550. The van der Waals surface area contributed by atoms with E-state index in [1.165, 1.54) is 7.11 Å². The van der Waals surface area contributed by atoms with Gasteiger partial charge in [-0.05, 0) is 43.9 Å². The molecular weight excluding hydrogens is 394 g/mol. The third kappa shape index (κ3) is 3.86. The van der Waals surface area contributed by atoms with Crippen LogP contribution in [0.15, 0.2) is 40.5 Å². The van der Waals surface area contributed by atoms with E-state index in [9.17, 15) is 14.4 Å². The Bertz CT molecular complexity index is 920. The van der Waals surface area contributed by atoms with Crippen LogP contribution in [0.5, 0.6) is 0 Å². The highest BCUT2D eigenvalue weighted by Crippen LogP contribution is 2.46. The molecule has 0 unspecified atom stereocenters. The molecule has 1 fully saturated rings. The smallest absolute Gasteiger partial charge is 0.336 e. The van der Waals surface area contributed by atoms with Gasteiger partial charge in [-0.3, -0.25) is 14.6 Å². The summed E-state index contributed by atoms with van der Waals surface area (Å²) in [4.78, 5) is 43.2. The minimum atomic E-state index is -0.896. The molecule has 2 aliphatic rings.